The van der Waals surface area contributed by atoms with Gasteiger partial charge in [0.25, 0.3) is 0 Å². The number of thiazole rings is 1. The van der Waals surface area contributed by atoms with Crippen molar-refractivity contribution in [3.05, 3.63) is 41.2 Å². The van der Waals surface area contributed by atoms with E-state index in [2.05, 4.69) is 25.0 Å². The van der Waals surface area contributed by atoms with Gasteiger partial charge in [0, 0.05) is 43.4 Å². The van der Waals surface area contributed by atoms with E-state index in [-0.39, 0.29) is 5.41 Å². The van der Waals surface area contributed by atoms with Crippen LogP contribution in [0.3, 0.4) is 0 Å². The van der Waals surface area contributed by atoms with E-state index < -0.39 is 0 Å². The Kier molecular flexibility index (Phi) is 4.17. The number of hydrogen-bond acceptors (Lipinski definition) is 6. The Balaban J connectivity index is 1.62. The standard InChI is InChI=1S/C19H22N6OS/c1-24-11-14(9-22-24)23-18-25(13-19-4-2-3-17(19)26-8-5-19)16(12-27-18)15-10-20-6-7-21-15/h6-7,9-12,17H,2-5,8,13H2,1H3/t17-,19-/m1/s1. The molecule has 2 aliphatic rings. The average molecular weight is 382 g/mol. The van der Waals surface area contributed by atoms with Gasteiger partial charge in [-0.1, -0.05) is 6.42 Å². The van der Waals surface area contributed by atoms with Crippen LogP contribution in [0.1, 0.15) is 25.7 Å². The van der Waals surface area contributed by atoms with Gasteiger partial charge in [0.15, 0.2) is 4.80 Å². The summed E-state index contributed by atoms with van der Waals surface area (Å²) >= 11 is 1.64. The molecule has 1 saturated heterocycles. The molecular formula is C19H22N6OS. The molecule has 1 saturated carbocycles. The van der Waals surface area contributed by atoms with E-state index in [1.807, 2.05) is 19.4 Å². The molecule has 3 aromatic heterocycles. The van der Waals surface area contributed by atoms with E-state index in [1.165, 1.54) is 19.3 Å². The first kappa shape index (κ1) is 16.8. The molecule has 8 heteroatoms. The van der Waals surface area contributed by atoms with Crippen LogP contribution in [-0.4, -0.2) is 37.0 Å². The summed E-state index contributed by atoms with van der Waals surface area (Å²) in [4.78, 5) is 14.6. The maximum atomic E-state index is 6.05. The fraction of sp³-hybridized carbons (Fsp3) is 0.474. The summed E-state index contributed by atoms with van der Waals surface area (Å²) in [6.45, 7) is 1.77. The Hall–Kier alpha value is -2.32. The number of nitrogens with zero attached hydrogens (tertiary/aromatic N) is 6. The molecule has 140 valence electrons. The van der Waals surface area contributed by atoms with Crippen molar-refractivity contribution in [2.45, 2.75) is 38.3 Å². The van der Waals surface area contributed by atoms with E-state index in [4.69, 9.17) is 9.73 Å². The number of aryl methyl sites for hydroxylation is 1. The predicted octanol–water partition coefficient (Wildman–Crippen LogP) is 2.93. The third kappa shape index (κ3) is 3.02. The Morgan fingerprint density at radius 3 is 3.11 bits per heavy atom. The van der Waals surface area contributed by atoms with Crippen LogP contribution in [0, 0.1) is 5.41 Å². The molecule has 7 nitrogen and oxygen atoms in total. The molecule has 0 unspecified atom stereocenters. The lowest BCUT2D eigenvalue weighted by atomic mass is 9.82. The molecule has 1 aliphatic heterocycles. The zero-order valence-corrected chi connectivity index (χ0v) is 16.1. The van der Waals surface area contributed by atoms with Crippen molar-refractivity contribution in [1.82, 2.24) is 24.3 Å². The monoisotopic (exact) mass is 382 g/mol. The molecule has 1 aliphatic carbocycles. The van der Waals surface area contributed by atoms with Crippen LogP contribution in [0.5, 0.6) is 0 Å². The second kappa shape index (κ2) is 6.69. The lowest BCUT2D eigenvalue weighted by Crippen LogP contribution is -2.34. The first-order valence-corrected chi connectivity index (χ1v) is 10.2. The molecule has 3 aromatic rings. The Bertz CT molecular complexity index is 995. The van der Waals surface area contributed by atoms with Crippen LogP contribution >= 0.6 is 11.3 Å². The van der Waals surface area contributed by atoms with Gasteiger partial charge in [-0.05, 0) is 19.3 Å². The van der Waals surface area contributed by atoms with Gasteiger partial charge in [-0.25, -0.2) is 4.99 Å². The highest BCUT2D eigenvalue weighted by Crippen LogP contribution is 2.48. The Labute approximate surface area is 161 Å². The predicted molar refractivity (Wildman–Crippen MR) is 102 cm³/mol. The van der Waals surface area contributed by atoms with Crippen molar-refractivity contribution in [3.63, 3.8) is 0 Å². The Morgan fingerprint density at radius 1 is 1.33 bits per heavy atom. The van der Waals surface area contributed by atoms with Crippen molar-refractivity contribution in [2.75, 3.05) is 6.61 Å². The first-order chi connectivity index (χ1) is 13.2. The highest BCUT2D eigenvalue weighted by molar-refractivity contribution is 7.07. The van der Waals surface area contributed by atoms with Crippen LogP contribution in [0.25, 0.3) is 11.4 Å². The summed E-state index contributed by atoms with van der Waals surface area (Å²) in [6.07, 6.45) is 14.1. The van der Waals surface area contributed by atoms with Gasteiger partial charge < -0.3 is 9.30 Å². The topological polar surface area (TPSA) is 70.1 Å². The maximum absolute atomic E-state index is 6.05. The van der Waals surface area contributed by atoms with E-state index in [0.29, 0.717) is 6.10 Å². The molecule has 0 bridgehead atoms. The average Bonchev–Trinajstić information content (AvgIpc) is 3.42. The fourth-order valence-corrected chi connectivity index (χ4v) is 5.33. The van der Waals surface area contributed by atoms with E-state index >= 15 is 0 Å². The SMILES string of the molecule is Cn1cc(N=c2scc(-c3cnccn3)n2C[C@]23CCC[C@H]2OCC3)cn1. The zero-order chi connectivity index (χ0) is 18.3. The molecule has 0 amide bonds. The van der Waals surface area contributed by atoms with Crippen molar-refractivity contribution in [2.24, 2.45) is 17.5 Å². The van der Waals surface area contributed by atoms with Gasteiger partial charge >= 0.3 is 0 Å². The lowest BCUT2D eigenvalue weighted by Gasteiger charge is -2.29. The van der Waals surface area contributed by atoms with E-state index in [9.17, 15) is 0 Å². The minimum absolute atomic E-state index is 0.210. The van der Waals surface area contributed by atoms with Crippen LogP contribution in [-0.2, 0) is 18.3 Å². The summed E-state index contributed by atoms with van der Waals surface area (Å²) < 4.78 is 10.1. The number of ether oxygens (including phenoxy) is 1. The van der Waals surface area contributed by atoms with Crippen LogP contribution in [0.2, 0.25) is 0 Å². The summed E-state index contributed by atoms with van der Waals surface area (Å²) in [5.74, 6) is 0. The van der Waals surface area contributed by atoms with Gasteiger partial charge in [-0.15, -0.1) is 11.3 Å². The van der Waals surface area contributed by atoms with Gasteiger partial charge in [0.2, 0.25) is 0 Å². The summed E-state index contributed by atoms with van der Waals surface area (Å²) in [5, 5.41) is 6.37. The van der Waals surface area contributed by atoms with Crippen LogP contribution < -0.4 is 4.80 Å². The number of fused-ring (bicyclic) bond motifs is 1. The van der Waals surface area contributed by atoms with Crippen molar-refractivity contribution < 1.29 is 4.74 Å². The lowest BCUT2D eigenvalue weighted by molar-refractivity contribution is 0.0623. The molecule has 0 spiro atoms. The normalized spacial score (nSPS) is 25.2. The number of hydrogen-bond donors (Lipinski definition) is 0. The van der Waals surface area contributed by atoms with Gasteiger partial charge in [0.1, 0.15) is 11.4 Å². The second-order valence-corrected chi connectivity index (χ2v) is 8.26. The second-order valence-electron chi connectivity index (χ2n) is 7.43. The largest absolute Gasteiger partial charge is 0.378 e. The summed E-state index contributed by atoms with van der Waals surface area (Å²) in [7, 11) is 1.91. The molecule has 5 rings (SSSR count). The smallest absolute Gasteiger partial charge is 0.190 e. The minimum atomic E-state index is 0.210. The third-order valence-electron chi connectivity index (χ3n) is 5.76. The van der Waals surface area contributed by atoms with Gasteiger partial charge in [-0.2, -0.15) is 5.10 Å². The zero-order valence-electron chi connectivity index (χ0n) is 15.3. The first-order valence-electron chi connectivity index (χ1n) is 9.33. The number of aromatic nitrogens is 5. The van der Waals surface area contributed by atoms with Crippen molar-refractivity contribution >= 4 is 17.0 Å². The van der Waals surface area contributed by atoms with Crippen molar-refractivity contribution in [1.29, 1.82) is 0 Å². The highest BCUT2D eigenvalue weighted by Gasteiger charge is 2.47. The molecule has 2 fully saturated rings. The molecule has 0 radical (unpaired) electrons. The quantitative estimate of drug-likeness (QED) is 0.696. The van der Waals surface area contributed by atoms with Crippen LogP contribution in [0.4, 0.5) is 5.69 Å². The van der Waals surface area contributed by atoms with Crippen molar-refractivity contribution in [3.8, 4) is 11.4 Å². The Morgan fingerprint density at radius 2 is 2.30 bits per heavy atom. The molecule has 0 N–H and O–H groups in total. The molecule has 0 aromatic carbocycles. The van der Waals surface area contributed by atoms with Gasteiger partial charge in [0.05, 0.1) is 30.4 Å². The fourth-order valence-electron chi connectivity index (χ4n) is 4.42. The van der Waals surface area contributed by atoms with Crippen LogP contribution in [0.15, 0.2) is 41.4 Å². The molecule has 4 heterocycles. The summed E-state index contributed by atoms with van der Waals surface area (Å²) in [5.41, 5.74) is 3.03. The minimum Gasteiger partial charge on any atom is -0.378 e. The van der Waals surface area contributed by atoms with E-state index in [1.54, 1.807) is 34.6 Å². The maximum Gasteiger partial charge on any atom is 0.190 e. The highest BCUT2D eigenvalue weighted by atomic mass is 32.1. The molecular weight excluding hydrogens is 360 g/mol. The molecule has 2 atom stereocenters. The summed E-state index contributed by atoms with van der Waals surface area (Å²) in [6, 6.07) is 0. The van der Waals surface area contributed by atoms with Gasteiger partial charge in [-0.3, -0.25) is 14.6 Å². The third-order valence-corrected chi connectivity index (χ3v) is 6.62. The van der Waals surface area contributed by atoms with E-state index in [0.717, 1.165) is 41.4 Å². The number of rotatable bonds is 4. The molecule has 27 heavy (non-hydrogen) atoms.